The number of para-hydroxylation sites is 1. The predicted octanol–water partition coefficient (Wildman–Crippen LogP) is 4.40. The van der Waals surface area contributed by atoms with Gasteiger partial charge in [0, 0.05) is 23.6 Å². The van der Waals surface area contributed by atoms with Crippen molar-refractivity contribution in [2.45, 2.75) is 43.2 Å². The first kappa shape index (κ1) is 27.9. The summed E-state index contributed by atoms with van der Waals surface area (Å²) in [6.45, 7) is 4.45. The Bertz CT molecular complexity index is 1020. The predicted molar refractivity (Wildman–Crippen MR) is 136 cm³/mol. The molecular formula is C26H35N2O7S+. The zero-order chi connectivity index (χ0) is 26.1. The molecule has 0 saturated carbocycles. The highest BCUT2D eigenvalue weighted by molar-refractivity contribution is 7.99. The molecule has 1 heterocycles. The van der Waals surface area contributed by atoms with Crippen LogP contribution in [-0.2, 0) is 30.3 Å². The van der Waals surface area contributed by atoms with Crippen molar-refractivity contribution in [3.05, 3.63) is 54.1 Å². The van der Waals surface area contributed by atoms with E-state index >= 15 is 0 Å². The Morgan fingerprint density at radius 2 is 1.86 bits per heavy atom. The average Bonchev–Trinajstić information content (AvgIpc) is 3.21. The Balaban J connectivity index is 1.88. The quantitative estimate of drug-likeness (QED) is 0.135. The van der Waals surface area contributed by atoms with Crippen LogP contribution in [0.4, 0.5) is 10.5 Å². The van der Waals surface area contributed by atoms with Gasteiger partial charge in [0.25, 0.3) is 5.62 Å². The molecule has 2 aromatic rings. The molecule has 9 nitrogen and oxygen atoms in total. The zero-order valence-corrected chi connectivity index (χ0v) is 22.0. The van der Waals surface area contributed by atoms with Crippen LogP contribution >= 0.6 is 11.8 Å². The number of benzene rings is 2. The van der Waals surface area contributed by atoms with Crippen LogP contribution in [0, 0.1) is 5.92 Å². The third-order valence-corrected chi connectivity index (χ3v) is 7.02. The molecule has 1 saturated heterocycles. The number of hydrogen-bond acceptors (Lipinski definition) is 9. The van der Waals surface area contributed by atoms with Gasteiger partial charge in [-0.3, -0.25) is 0 Å². The topological polar surface area (TPSA) is 106 Å². The highest BCUT2D eigenvalue weighted by atomic mass is 32.2. The Hall–Kier alpha value is -2.63. The highest BCUT2D eigenvalue weighted by Crippen LogP contribution is 2.37. The molecule has 1 fully saturated rings. The third-order valence-electron chi connectivity index (χ3n) is 5.98. The van der Waals surface area contributed by atoms with Crippen LogP contribution in [0.3, 0.4) is 0 Å². The van der Waals surface area contributed by atoms with Gasteiger partial charge in [-0.2, -0.15) is 4.79 Å². The molecule has 2 aromatic carbocycles. The van der Waals surface area contributed by atoms with Gasteiger partial charge in [0.05, 0.1) is 26.7 Å². The van der Waals surface area contributed by atoms with E-state index in [-0.39, 0.29) is 25.6 Å². The highest BCUT2D eigenvalue weighted by Gasteiger charge is 2.63. The van der Waals surface area contributed by atoms with Crippen LogP contribution in [0.5, 0.6) is 5.75 Å². The van der Waals surface area contributed by atoms with E-state index in [1.165, 1.54) is 11.8 Å². The molecule has 0 aliphatic carbocycles. The number of ether oxygens (including phenoxy) is 4. The van der Waals surface area contributed by atoms with E-state index < -0.39 is 28.3 Å². The molecule has 3 unspecified atom stereocenters. The Labute approximate surface area is 216 Å². The first-order valence-corrected chi connectivity index (χ1v) is 12.7. The number of rotatable bonds is 13. The van der Waals surface area contributed by atoms with Crippen molar-refractivity contribution in [2.24, 2.45) is 5.92 Å². The molecular weight excluding hydrogens is 484 g/mol. The van der Waals surface area contributed by atoms with Gasteiger partial charge < -0.3 is 24.7 Å². The van der Waals surface area contributed by atoms with Crippen LogP contribution in [0.2, 0.25) is 0 Å². The lowest BCUT2D eigenvalue weighted by Gasteiger charge is -2.33. The van der Waals surface area contributed by atoms with Gasteiger partial charge in [-0.1, -0.05) is 49.9 Å². The fraction of sp³-hybridized carbons (Fsp3) is 0.462. The van der Waals surface area contributed by atoms with E-state index in [9.17, 15) is 9.59 Å². The van der Waals surface area contributed by atoms with E-state index in [1.807, 2.05) is 56.3 Å². The van der Waals surface area contributed by atoms with Gasteiger partial charge in [-0.15, -0.1) is 4.84 Å². The molecule has 10 heteroatoms. The molecule has 2 N–H and O–H groups in total. The molecule has 196 valence electrons. The van der Waals surface area contributed by atoms with E-state index in [2.05, 4.69) is 0 Å². The van der Waals surface area contributed by atoms with Crippen molar-refractivity contribution in [3.63, 3.8) is 0 Å². The standard InChI is InChI=1S/C26H35N2O7S/c1-18(2)22-17-34-25(30)28(22,24(29)14-11-19-9-12-20(32-4)13-10-19)35-26(33-16-15-31-3)36-23-8-6-5-7-21(23)27/h5-10,12-13,18,22,26H,11,14-17,27H2,1-4H3/q+1. The zero-order valence-electron chi connectivity index (χ0n) is 21.2. The lowest BCUT2D eigenvalue weighted by molar-refractivity contribution is -1.00. The second-order valence-electron chi connectivity index (χ2n) is 8.70. The van der Waals surface area contributed by atoms with Crippen LogP contribution < -0.4 is 10.5 Å². The van der Waals surface area contributed by atoms with Gasteiger partial charge in [0.1, 0.15) is 5.75 Å². The molecule has 0 bridgehead atoms. The number of amides is 2. The SMILES string of the molecule is COCCOC(O[N+]1(C(=O)CCc2ccc(OC)cc2)C(=O)OCC1C(C)C)Sc1ccccc1N. The van der Waals surface area contributed by atoms with Gasteiger partial charge in [0.2, 0.25) is 0 Å². The van der Waals surface area contributed by atoms with Gasteiger partial charge in [-0.05, 0) is 40.9 Å². The fourth-order valence-corrected chi connectivity index (χ4v) is 4.83. The number of hydrogen-bond donors (Lipinski definition) is 1. The maximum absolute atomic E-state index is 13.8. The van der Waals surface area contributed by atoms with Crippen molar-refractivity contribution in [1.29, 1.82) is 0 Å². The Morgan fingerprint density at radius 3 is 2.50 bits per heavy atom. The number of aryl methyl sites for hydroxylation is 1. The lowest BCUT2D eigenvalue weighted by atomic mass is 10.0. The lowest BCUT2D eigenvalue weighted by Crippen LogP contribution is -2.61. The summed E-state index contributed by atoms with van der Waals surface area (Å²) in [5.74, 6) is 0.259. The maximum Gasteiger partial charge on any atom is 0.558 e. The number of anilines is 1. The first-order chi connectivity index (χ1) is 17.3. The van der Waals surface area contributed by atoms with Crippen molar-refractivity contribution < 1.29 is 38.0 Å². The number of imide groups is 1. The van der Waals surface area contributed by atoms with Crippen LogP contribution in [0.1, 0.15) is 25.8 Å². The van der Waals surface area contributed by atoms with Crippen molar-refractivity contribution in [2.75, 3.05) is 39.8 Å². The van der Waals surface area contributed by atoms with Gasteiger partial charge in [-0.25, -0.2) is 4.79 Å². The minimum absolute atomic E-state index is 0.0761. The molecule has 1 aliphatic rings. The number of cyclic esters (lactones) is 1. The normalized spacial score (nSPS) is 20.4. The molecule has 1 aliphatic heterocycles. The summed E-state index contributed by atoms with van der Waals surface area (Å²) in [7, 11) is 3.16. The number of methoxy groups -OCH3 is 2. The number of nitrogens with two attached hydrogens (primary N) is 1. The van der Waals surface area contributed by atoms with Gasteiger partial charge >= 0.3 is 12.0 Å². The molecule has 36 heavy (non-hydrogen) atoms. The van der Waals surface area contributed by atoms with Crippen molar-refractivity contribution in [1.82, 2.24) is 0 Å². The van der Waals surface area contributed by atoms with Crippen LogP contribution in [-0.4, -0.2) is 62.4 Å². The molecule has 3 atom stereocenters. The minimum Gasteiger partial charge on any atom is -0.497 e. The van der Waals surface area contributed by atoms with Crippen LogP contribution in [0.25, 0.3) is 0 Å². The van der Waals surface area contributed by atoms with Crippen molar-refractivity contribution in [3.8, 4) is 5.75 Å². The third kappa shape index (κ3) is 6.57. The summed E-state index contributed by atoms with van der Waals surface area (Å²) < 4.78 is 20.7. The molecule has 0 spiro atoms. The monoisotopic (exact) mass is 519 g/mol. The summed E-state index contributed by atoms with van der Waals surface area (Å²) in [5.41, 5.74) is 6.59. The number of nitrogens with zero attached hydrogens (tertiary/aromatic N) is 1. The second-order valence-corrected chi connectivity index (χ2v) is 9.76. The summed E-state index contributed by atoms with van der Waals surface area (Å²) in [6.07, 6.45) is -0.235. The fourth-order valence-electron chi connectivity index (χ4n) is 3.92. The van der Waals surface area contributed by atoms with Crippen LogP contribution in [0.15, 0.2) is 53.4 Å². The summed E-state index contributed by atoms with van der Waals surface area (Å²) >= 11 is 1.19. The Morgan fingerprint density at radius 1 is 1.14 bits per heavy atom. The molecule has 0 radical (unpaired) electrons. The molecule has 3 rings (SSSR count). The van der Waals surface area contributed by atoms with E-state index in [4.69, 9.17) is 29.5 Å². The maximum atomic E-state index is 13.8. The second kappa shape index (κ2) is 13.1. The van der Waals surface area contributed by atoms with Gasteiger partial charge in [0.15, 0.2) is 12.6 Å². The summed E-state index contributed by atoms with van der Waals surface area (Å²) in [4.78, 5) is 34.0. The number of carbonyl (C=O) groups is 2. The summed E-state index contributed by atoms with van der Waals surface area (Å²) in [5, 5.41) is 0. The number of hydroxylamine groups is 3. The first-order valence-electron chi connectivity index (χ1n) is 11.8. The minimum atomic E-state index is -1.01. The number of quaternary nitrogens is 1. The molecule has 0 aromatic heterocycles. The average molecular weight is 520 g/mol. The smallest absolute Gasteiger partial charge is 0.497 e. The number of nitrogen functional groups attached to an aromatic ring is 1. The van der Waals surface area contributed by atoms with E-state index in [1.54, 1.807) is 20.3 Å². The number of thioether (sulfide) groups is 1. The largest absolute Gasteiger partial charge is 0.558 e. The van der Waals surface area contributed by atoms with E-state index in [0.29, 0.717) is 23.6 Å². The molecule has 2 amide bonds. The Kier molecular flexibility index (Phi) is 10.1. The number of carbonyl (C=O) groups excluding carboxylic acids is 2. The summed E-state index contributed by atoms with van der Waals surface area (Å²) in [6, 6.07) is 14.2. The van der Waals surface area contributed by atoms with Crippen molar-refractivity contribution >= 4 is 29.4 Å². The van der Waals surface area contributed by atoms with E-state index in [0.717, 1.165) is 11.3 Å².